The number of ether oxygens (including phenoxy) is 3. The van der Waals surface area contributed by atoms with E-state index in [1.165, 1.54) is 0 Å². The van der Waals surface area contributed by atoms with Crippen molar-refractivity contribution in [3.8, 4) is 5.88 Å². The Hall–Kier alpha value is -1.04. The third-order valence-electron chi connectivity index (χ3n) is 1.91. The Morgan fingerprint density at radius 2 is 2.06 bits per heavy atom. The molecule has 0 aromatic carbocycles. The summed E-state index contributed by atoms with van der Waals surface area (Å²) in [5.74, 6) is 0.437. The highest BCUT2D eigenvalue weighted by Gasteiger charge is 1.99. The van der Waals surface area contributed by atoms with Crippen molar-refractivity contribution in [3.63, 3.8) is 0 Å². The molecule has 0 aliphatic carbocycles. The summed E-state index contributed by atoms with van der Waals surface area (Å²) in [5.41, 5.74) is 6.14. The molecule has 0 saturated carbocycles. The largest absolute Gasteiger partial charge is 0.477 e. The molecule has 1 rings (SSSR count). The van der Waals surface area contributed by atoms with Gasteiger partial charge in [0.15, 0.2) is 0 Å². The normalized spacial score (nSPS) is 10.5. The summed E-state index contributed by atoms with van der Waals surface area (Å²) in [7, 11) is 1.64. The van der Waals surface area contributed by atoms with Crippen molar-refractivity contribution in [3.05, 3.63) is 17.3 Å². The van der Waals surface area contributed by atoms with Crippen molar-refractivity contribution in [1.82, 2.24) is 4.98 Å². The number of hydrogen-bond donors (Lipinski definition) is 1. The van der Waals surface area contributed by atoms with Gasteiger partial charge >= 0.3 is 0 Å². The van der Waals surface area contributed by atoms with Crippen LogP contribution in [0, 0.1) is 0 Å². The number of halogens is 1. The zero-order valence-electron chi connectivity index (χ0n) is 9.82. The zero-order chi connectivity index (χ0) is 12.5. The number of nitrogens with two attached hydrogens (primary N) is 1. The van der Waals surface area contributed by atoms with Gasteiger partial charge in [-0.2, -0.15) is 0 Å². The minimum absolute atomic E-state index is 0.330. The smallest absolute Gasteiger partial charge is 0.216 e. The van der Waals surface area contributed by atoms with E-state index in [-0.39, 0.29) is 0 Å². The molecular weight excluding hydrogens is 244 g/mol. The Bertz CT molecular complexity index is 316. The first-order valence-electron chi connectivity index (χ1n) is 5.35. The molecule has 0 amide bonds. The number of nitrogen functional groups attached to an aromatic ring is 1. The number of nitrogens with zero attached hydrogens (tertiary/aromatic N) is 1. The molecule has 5 nitrogen and oxygen atoms in total. The second-order valence-electron chi connectivity index (χ2n) is 3.37. The molecule has 1 aromatic heterocycles. The van der Waals surface area contributed by atoms with Crippen molar-refractivity contribution >= 4 is 17.3 Å². The van der Waals surface area contributed by atoms with Crippen LogP contribution in [0.2, 0.25) is 5.15 Å². The fraction of sp³-hybridized carbons (Fsp3) is 0.545. The number of rotatable bonds is 8. The lowest BCUT2D eigenvalue weighted by Crippen LogP contribution is -2.07. The monoisotopic (exact) mass is 260 g/mol. The maximum atomic E-state index is 5.74. The summed E-state index contributed by atoms with van der Waals surface area (Å²) >= 11 is 5.74. The van der Waals surface area contributed by atoms with E-state index in [4.69, 9.17) is 31.5 Å². The summed E-state index contributed by atoms with van der Waals surface area (Å²) in [6.07, 6.45) is 0.776. The van der Waals surface area contributed by atoms with Gasteiger partial charge in [-0.1, -0.05) is 11.6 Å². The lowest BCUT2D eigenvalue weighted by atomic mass is 10.4. The highest BCUT2D eigenvalue weighted by molar-refractivity contribution is 6.29. The van der Waals surface area contributed by atoms with Crippen molar-refractivity contribution in [2.24, 2.45) is 0 Å². The number of pyridine rings is 1. The minimum Gasteiger partial charge on any atom is -0.477 e. The molecule has 96 valence electrons. The van der Waals surface area contributed by atoms with Crippen LogP contribution in [0.1, 0.15) is 6.42 Å². The molecule has 17 heavy (non-hydrogen) atoms. The molecule has 0 saturated heterocycles. The van der Waals surface area contributed by atoms with Gasteiger partial charge in [0.1, 0.15) is 5.15 Å². The molecule has 1 aromatic rings. The topological polar surface area (TPSA) is 66.6 Å². The van der Waals surface area contributed by atoms with Crippen molar-refractivity contribution < 1.29 is 14.2 Å². The quantitative estimate of drug-likeness (QED) is 0.570. The third kappa shape index (κ3) is 6.31. The maximum absolute atomic E-state index is 5.74. The summed E-state index contributed by atoms with van der Waals surface area (Å²) in [6, 6.07) is 3.21. The predicted octanol–water partition coefficient (Wildman–Crippen LogP) is 1.75. The van der Waals surface area contributed by atoms with Crippen LogP contribution in [0.25, 0.3) is 0 Å². The molecule has 0 unspecified atom stereocenters. The second-order valence-corrected chi connectivity index (χ2v) is 3.76. The van der Waals surface area contributed by atoms with Gasteiger partial charge in [-0.05, 0) is 6.07 Å². The minimum atomic E-state index is 0.330. The van der Waals surface area contributed by atoms with Crippen LogP contribution in [0.3, 0.4) is 0 Å². The molecule has 0 spiro atoms. The molecular formula is C11H17ClN2O3. The van der Waals surface area contributed by atoms with Gasteiger partial charge in [-0.25, -0.2) is 4.98 Å². The van der Waals surface area contributed by atoms with Gasteiger partial charge in [0.2, 0.25) is 5.88 Å². The van der Waals surface area contributed by atoms with E-state index in [1.807, 2.05) is 0 Å². The van der Waals surface area contributed by atoms with Crippen LogP contribution in [-0.4, -0.2) is 38.5 Å². The summed E-state index contributed by atoms with van der Waals surface area (Å²) in [4.78, 5) is 3.98. The van der Waals surface area contributed by atoms with Gasteiger partial charge in [0, 0.05) is 31.9 Å². The molecule has 0 aliphatic heterocycles. The molecule has 2 N–H and O–H groups in total. The zero-order valence-corrected chi connectivity index (χ0v) is 10.6. The fourth-order valence-electron chi connectivity index (χ4n) is 1.15. The lowest BCUT2D eigenvalue weighted by molar-refractivity contribution is 0.0642. The molecule has 0 fully saturated rings. The van der Waals surface area contributed by atoms with Crippen LogP contribution >= 0.6 is 11.6 Å². The highest BCUT2D eigenvalue weighted by atomic mass is 35.5. The van der Waals surface area contributed by atoms with Crippen LogP contribution < -0.4 is 10.5 Å². The number of hydrogen-bond acceptors (Lipinski definition) is 5. The standard InChI is InChI=1S/C11H17ClN2O3/c1-15-5-6-16-3-2-4-17-11-8-9(13)7-10(12)14-11/h7-8H,2-6H2,1H3,(H2,13,14). The van der Waals surface area contributed by atoms with Crippen molar-refractivity contribution in [2.75, 3.05) is 39.3 Å². The van der Waals surface area contributed by atoms with E-state index in [2.05, 4.69) is 4.98 Å². The van der Waals surface area contributed by atoms with Crippen LogP contribution in [0.15, 0.2) is 12.1 Å². The van der Waals surface area contributed by atoms with Gasteiger partial charge in [0.05, 0.1) is 19.8 Å². The average Bonchev–Trinajstić information content (AvgIpc) is 2.26. The Labute approximate surface area is 106 Å². The van der Waals surface area contributed by atoms with Crippen LogP contribution in [0.5, 0.6) is 5.88 Å². The molecule has 0 atom stereocenters. The van der Waals surface area contributed by atoms with Crippen LogP contribution in [0.4, 0.5) is 5.69 Å². The first kappa shape index (κ1) is 14.0. The van der Waals surface area contributed by atoms with Gasteiger partial charge in [-0.15, -0.1) is 0 Å². The van der Waals surface area contributed by atoms with Gasteiger partial charge in [0.25, 0.3) is 0 Å². The maximum Gasteiger partial charge on any atom is 0.216 e. The summed E-state index contributed by atoms with van der Waals surface area (Å²) < 4.78 is 15.5. The Kier molecular flexibility index (Phi) is 6.69. The average molecular weight is 261 g/mol. The molecule has 0 bridgehead atoms. The van der Waals surface area contributed by atoms with Crippen molar-refractivity contribution in [1.29, 1.82) is 0 Å². The Morgan fingerprint density at radius 1 is 1.24 bits per heavy atom. The van der Waals surface area contributed by atoms with Gasteiger partial charge in [-0.3, -0.25) is 0 Å². The summed E-state index contributed by atoms with van der Waals surface area (Å²) in [5, 5.41) is 0.330. The number of methoxy groups -OCH3 is 1. The van der Waals surface area contributed by atoms with Gasteiger partial charge < -0.3 is 19.9 Å². The van der Waals surface area contributed by atoms with E-state index in [0.717, 1.165) is 6.42 Å². The third-order valence-corrected chi connectivity index (χ3v) is 2.10. The van der Waals surface area contributed by atoms with E-state index in [0.29, 0.717) is 43.1 Å². The van der Waals surface area contributed by atoms with E-state index >= 15 is 0 Å². The second kappa shape index (κ2) is 8.11. The lowest BCUT2D eigenvalue weighted by Gasteiger charge is -2.07. The van der Waals surface area contributed by atoms with Crippen LogP contribution in [-0.2, 0) is 9.47 Å². The first-order chi connectivity index (χ1) is 8.22. The molecule has 6 heteroatoms. The number of anilines is 1. The van der Waals surface area contributed by atoms with E-state index in [9.17, 15) is 0 Å². The highest BCUT2D eigenvalue weighted by Crippen LogP contribution is 2.17. The summed E-state index contributed by atoms with van der Waals surface area (Å²) in [6.45, 7) is 2.34. The van der Waals surface area contributed by atoms with E-state index in [1.54, 1.807) is 19.2 Å². The Morgan fingerprint density at radius 3 is 2.76 bits per heavy atom. The first-order valence-corrected chi connectivity index (χ1v) is 5.72. The fourth-order valence-corrected chi connectivity index (χ4v) is 1.36. The van der Waals surface area contributed by atoms with E-state index < -0.39 is 0 Å². The molecule has 0 aliphatic rings. The Balaban J connectivity index is 2.13. The molecule has 1 heterocycles. The number of aromatic nitrogens is 1. The van der Waals surface area contributed by atoms with Crippen molar-refractivity contribution in [2.45, 2.75) is 6.42 Å². The SMILES string of the molecule is COCCOCCCOc1cc(N)cc(Cl)n1. The molecule has 0 radical (unpaired) electrons. The predicted molar refractivity (Wildman–Crippen MR) is 66.5 cm³/mol.